The third-order valence-corrected chi connectivity index (χ3v) is 3.35. The molecule has 0 spiro atoms. The van der Waals surface area contributed by atoms with E-state index in [-0.39, 0.29) is 5.91 Å². The Hall–Kier alpha value is -2.53. The molecule has 5 nitrogen and oxygen atoms in total. The van der Waals surface area contributed by atoms with Gasteiger partial charge < -0.3 is 15.3 Å². The molecule has 6 heteroatoms. The Morgan fingerprint density at radius 1 is 1.19 bits per heavy atom. The van der Waals surface area contributed by atoms with Gasteiger partial charge in [0.15, 0.2) is 0 Å². The fourth-order valence-electron chi connectivity index (χ4n) is 1.99. The summed E-state index contributed by atoms with van der Waals surface area (Å²) in [6, 6.07) is 9.28. The quantitative estimate of drug-likeness (QED) is 0.693. The SMILES string of the molecule is O=C(NCc1cnc[nH]1)c1cc(-c2ccc(Cl)cc2)c[nH]1. The lowest BCUT2D eigenvalue weighted by atomic mass is 10.1. The van der Waals surface area contributed by atoms with E-state index in [1.54, 1.807) is 18.7 Å². The molecule has 0 aliphatic heterocycles. The summed E-state index contributed by atoms with van der Waals surface area (Å²) in [5.74, 6) is -0.162. The Bertz CT molecular complexity index is 731. The molecule has 106 valence electrons. The molecule has 1 aromatic carbocycles. The predicted molar refractivity (Wildman–Crippen MR) is 81.0 cm³/mol. The van der Waals surface area contributed by atoms with E-state index < -0.39 is 0 Å². The summed E-state index contributed by atoms with van der Waals surface area (Å²) in [6.07, 6.45) is 5.05. The third-order valence-electron chi connectivity index (χ3n) is 3.10. The number of benzene rings is 1. The largest absolute Gasteiger partial charge is 0.357 e. The van der Waals surface area contributed by atoms with Crippen molar-refractivity contribution in [3.05, 3.63) is 65.5 Å². The van der Waals surface area contributed by atoms with Crippen LogP contribution in [0.15, 0.2) is 49.1 Å². The first-order chi connectivity index (χ1) is 10.2. The molecule has 0 saturated heterocycles. The first-order valence-electron chi connectivity index (χ1n) is 6.42. The topological polar surface area (TPSA) is 73.6 Å². The summed E-state index contributed by atoms with van der Waals surface area (Å²) in [5.41, 5.74) is 3.31. The van der Waals surface area contributed by atoms with Crippen molar-refractivity contribution in [3.63, 3.8) is 0 Å². The third kappa shape index (κ3) is 3.14. The van der Waals surface area contributed by atoms with Gasteiger partial charge in [-0.15, -0.1) is 0 Å². The van der Waals surface area contributed by atoms with Gasteiger partial charge in [0.25, 0.3) is 5.91 Å². The molecule has 2 aromatic heterocycles. The van der Waals surface area contributed by atoms with Crippen LogP contribution in [0.25, 0.3) is 11.1 Å². The molecule has 0 unspecified atom stereocenters. The second-order valence-corrected chi connectivity index (χ2v) is 5.00. The first-order valence-corrected chi connectivity index (χ1v) is 6.80. The summed E-state index contributed by atoms with van der Waals surface area (Å²) in [7, 11) is 0. The number of amides is 1. The van der Waals surface area contributed by atoms with Gasteiger partial charge in [-0.05, 0) is 29.3 Å². The van der Waals surface area contributed by atoms with Crippen LogP contribution in [-0.4, -0.2) is 20.9 Å². The Kier molecular flexibility index (Phi) is 3.75. The van der Waals surface area contributed by atoms with Crippen LogP contribution in [0.4, 0.5) is 0 Å². The first kappa shape index (κ1) is 13.5. The molecule has 3 aromatic rings. The van der Waals surface area contributed by atoms with Gasteiger partial charge in [-0.3, -0.25) is 4.79 Å². The molecular formula is C15H13ClN4O. The van der Waals surface area contributed by atoms with E-state index in [2.05, 4.69) is 20.3 Å². The number of hydrogen-bond acceptors (Lipinski definition) is 2. The smallest absolute Gasteiger partial charge is 0.268 e. The van der Waals surface area contributed by atoms with Gasteiger partial charge in [0.05, 0.1) is 18.6 Å². The maximum atomic E-state index is 12.0. The maximum Gasteiger partial charge on any atom is 0.268 e. The number of nitrogens with one attached hydrogen (secondary N) is 3. The van der Waals surface area contributed by atoms with Crippen LogP contribution < -0.4 is 5.32 Å². The average Bonchev–Trinajstić information content (AvgIpc) is 3.17. The second kappa shape index (κ2) is 5.85. The molecule has 0 aliphatic carbocycles. The zero-order chi connectivity index (χ0) is 14.7. The van der Waals surface area contributed by atoms with Crippen molar-refractivity contribution in [1.82, 2.24) is 20.3 Å². The molecule has 0 bridgehead atoms. The Morgan fingerprint density at radius 3 is 2.71 bits per heavy atom. The van der Waals surface area contributed by atoms with Gasteiger partial charge in [0.2, 0.25) is 0 Å². The van der Waals surface area contributed by atoms with Gasteiger partial charge in [0.1, 0.15) is 5.69 Å². The molecule has 0 atom stereocenters. The number of hydrogen-bond donors (Lipinski definition) is 3. The Morgan fingerprint density at radius 2 is 2.00 bits per heavy atom. The van der Waals surface area contributed by atoms with Crippen molar-refractivity contribution < 1.29 is 4.79 Å². The van der Waals surface area contributed by atoms with Gasteiger partial charge >= 0.3 is 0 Å². The lowest BCUT2D eigenvalue weighted by Gasteiger charge is -2.01. The van der Waals surface area contributed by atoms with Crippen LogP contribution in [0.2, 0.25) is 5.02 Å². The second-order valence-electron chi connectivity index (χ2n) is 4.57. The molecule has 3 rings (SSSR count). The van der Waals surface area contributed by atoms with Crippen molar-refractivity contribution in [3.8, 4) is 11.1 Å². The monoisotopic (exact) mass is 300 g/mol. The van der Waals surface area contributed by atoms with Gasteiger partial charge in [-0.25, -0.2) is 4.98 Å². The van der Waals surface area contributed by atoms with Crippen LogP contribution in [0.1, 0.15) is 16.2 Å². The molecule has 0 fully saturated rings. The lowest BCUT2D eigenvalue weighted by molar-refractivity contribution is 0.0946. The van der Waals surface area contributed by atoms with Gasteiger partial charge in [-0.1, -0.05) is 23.7 Å². The molecule has 0 radical (unpaired) electrons. The van der Waals surface area contributed by atoms with Crippen LogP contribution >= 0.6 is 11.6 Å². The highest BCUT2D eigenvalue weighted by atomic mass is 35.5. The molecule has 2 heterocycles. The minimum atomic E-state index is -0.162. The van der Waals surface area contributed by atoms with E-state index in [0.717, 1.165) is 16.8 Å². The zero-order valence-corrected chi connectivity index (χ0v) is 11.8. The van der Waals surface area contributed by atoms with Crippen LogP contribution in [-0.2, 0) is 6.54 Å². The predicted octanol–water partition coefficient (Wildman–Crippen LogP) is 2.99. The fraction of sp³-hybridized carbons (Fsp3) is 0.0667. The number of halogens is 1. The Balaban J connectivity index is 1.69. The number of carbonyl (C=O) groups excluding carboxylic acids is 1. The van der Waals surface area contributed by atoms with Crippen LogP contribution in [0, 0.1) is 0 Å². The van der Waals surface area contributed by atoms with Crippen molar-refractivity contribution in [2.75, 3.05) is 0 Å². The number of nitrogens with zero attached hydrogens (tertiary/aromatic N) is 1. The Labute approximate surface area is 126 Å². The number of carbonyl (C=O) groups is 1. The molecule has 0 saturated carbocycles. The number of aromatic amines is 2. The highest BCUT2D eigenvalue weighted by Gasteiger charge is 2.09. The standard InChI is InChI=1S/C15H13ClN4O/c16-12-3-1-10(2-4-12)11-5-14(18-6-11)15(21)19-8-13-7-17-9-20-13/h1-7,9,18H,8H2,(H,17,20)(H,19,21). The number of rotatable bonds is 4. The van der Waals surface area contributed by atoms with E-state index in [4.69, 9.17) is 11.6 Å². The highest BCUT2D eigenvalue weighted by Crippen LogP contribution is 2.22. The number of H-pyrrole nitrogens is 2. The van der Waals surface area contributed by atoms with E-state index in [1.165, 1.54) is 0 Å². The summed E-state index contributed by atoms with van der Waals surface area (Å²) >= 11 is 5.86. The summed E-state index contributed by atoms with van der Waals surface area (Å²) < 4.78 is 0. The molecule has 0 aliphatic rings. The lowest BCUT2D eigenvalue weighted by Crippen LogP contribution is -2.23. The normalized spacial score (nSPS) is 10.5. The molecule has 3 N–H and O–H groups in total. The van der Waals surface area contributed by atoms with E-state index in [1.807, 2.05) is 30.3 Å². The van der Waals surface area contributed by atoms with Gasteiger partial charge in [0, 0.05) is 17.4 Å². The summed E-state index contributed by atoms with van der Waals surface area (Å²) in [5, 5.41) is 3.50. The fourth-order valence-corrected chi connectivity index (χ4v) is 2.11. The number of imidazole rings is 1. The summed E-state index contributed by atoms with van der Waals surface area (Å²) in [6.45, 7) is 0.411. The van der Waals surface area contributed by atoms with Crippen LogP contribution in [0.5, 0.6) is 0 Å². The minimum Gasteiger partial charge on any atom is -0.357 e. The minimum absolute atomic E-state index is 0.162. The molecule has 21 heavy (non-hydrogen) atoms. The summed E-state index contributed by atoms with van der Waals surface area (Å²) in [4.78, 5) is 21.8. The van der Waals surface area contributed by atoms with Crippen LogP contribution in [0.3, 0.4) is 0 Å². The zero-order valence-electron chi connectivity index (χ0n) is 11.1. The van der Waals surface area contributed by atoms with Crippen molar-refractivity contribution in [2.24, 2.45) is 0 Å². The van der Waals surface area contributed by atoms with E-state index >= 15 is 0 Å². The van der Waals surface area contributed by atoms with Gasteiger partial charge in [-0.2, -0.15) is 0 Å². The van der Waals surface area contributed by atoms with Crippen molar-refractivity contribution in [1.29, 1.82) is 0 Å². The van der Waals surface area contributed by atoms with E-state index in [0.29, 0.717) is 17.3 Å². The average molecular weight is 301 g/mol. The van der Waals surface area contributed by atoms with Crippen molar-refractivity contribution >= 4 is 17.5 Å². The molecule has 1 amide bonds. The highest BCUT2D eigenvalue weighted by molar-refractivity contribution is 6.30. The van der Waals surface area contributed by atoms with E-state index in [9.17, 15) is 4.79 Å². The number of aromatic nitrogens is 3. The van der Waals surface area contributed by atoms with Crippen molar-refractivity contribution in [2.45, 2.75) is 6.54 Å². The maximum absolute atomic E-state index is 12.0. The molecular weight excluding hydrogens is 288 g/mol.